The number of hydrogen-bond acceptors (Lipinski definition) is 5. The first-order chi connectivity index (χ1) is 18.8. The van der Waals surface area contributed by atoms with Crippen molar-refractivity contribution >= 4 is 43.9 Å². The molecule has 6 nitrogen and oxygen atoms in total. The van der Waals surface area contributed by atoms with Gasteiger partial charge in [-0.15, -0.1) is 0 Å². The third kappa shape index (κ3) is 5.23. The van der Waals surface area contributed by atoms with Crippen molar-refractivity contribution in [3.05, 3.63) is 78.4 Å². The van der Waals surface area contributed by atoms with Crippen molar-refractivity contribution in [3.63, 3.8) is 0 Å². The van der Waals surface area contributed by atoms with E-state index in [2.05, 4.69) is 59.9 Å². The van der Waals surface area contributed by atoms with Crippen LogP contribution in [-0.2, 0) is 20.7 Å². The lowest BCUT2D eigenvalue weighted by Gasteiger charge is -2.16. The third-order valence-electron chi connectivity index (χ3n) is 7.04. The van der Waals surface area contributed by atoms with Gasteiger partial charge in [-0.25, -0.2) is 0 Å². The maximum Gasteiger partial charge on any atom is 0.224 e. The number of rotatable bonds is 5. The molecule has 1 amide bonds. The van der Waals surface area contributed by atoms with E-state index in [9.17, 15) is 4.79 Å². The Hall–Kier alpha value is -3.87. The number of nitrogens with one attached hydrogen (secondary N) is 1. The minimum atomic E-state index is -0.0199. The summed E-state index contributed by atoms with van der Waals surface area (Å²) in [5, 5.41) is 10.7. The first kappa shape index (κ1) is 24.5. The molecule has 0 aromatic heterocycles. The van der Waals surface area contributed by atoms with Gasteiger partial charge < -0.3 is 24.3 Å². The fourth-order valence-corrected chi connectivity index (χ4v) is 5.24. The number of ether oxygens (including phenoxy) is 4. The molecule has 5 aromatic carbocycles. The summed E-state index contributed by atoms with van der Waals surface area (Å²) in [4.78, 5) is 12.8. The molecule has 0 aliphatic carbocycles. The molecular formula is C32H31NO5. The maximum absolute atomic E-state index is 12.8. The van der Waals surface area contributed by atoms with Gasteiger partial charge in [-0.05, 0) is 62.9 Å². The summed E-state index contributed by atoms with van der Waals surface area (Å²) < 4.78 is 22.6. The third-order valence-corrected chi connectivity index (χ3v) is 7.04. The molecule has 0 saturated carbocycles. The van der Waals surface area contributed by atoms with Crippen LogP contribution in [0.25, 0.3) is 32.3 Å². The van der Waals surface area contributed by atoms with Crippen LogP contribution >= 0.6 is 0 Å². The van der Waals surface area contributed by atoms with Crippen molar-refractivity contribution in [1.82, 2.24) is 0 Å². The van der Waals surface area contributed by atoms with Crippen molar-refractivity contribution in [3.8, 4) is 11.5 Å². The molecule has 6 rings (SSSR count). The Morgan fingerprint density at radius 3 is 2.13 bits per heavy atom. The van der Waals surface area contributed by atoms with Gasteiger partial charge in [-0.2, -0.15) is 0 Å². The molecule has 1 heterocycles. The van der Waals surface area contributed by atoms with Crippen molar-refractivity contribution in [1.29, 1.82) is 0 Å². The average molecular weight is 510 g/mol. The van der Waals surface area contributed by atoms with Crippen molar-refractivity contribution in [2.75, 3.05) is 45.0 Å². The minimum absolute atomic E-state index is 0.0199. The number of carbonyl (C=O) groups excluding carboxylic acids is 1. The average Bonchev–Trinajstić information content (AvgIpc) is 2.93. The van der Waals surface area contributed by atoms with E-state index in [0.29, 0.717) is 63.2 Å². The molecule has 6 heteroatoms. The molecule has 0 bridgehead atoms. The highest BCUT2D eigenvalue weighted by molar-refractivity contribution is 6.23. The number of anilines is 1. The molecule has 1 aliphatic rings. The number of amides is 1. The van der Waals surface area contributed by atoms with Gasteiger partial charge in [0.2, 0.25) is 5.91 Å². The number of benzene rings is 5. The lowest BCUT2D eigenvalue weighted by Crippen LogP contribution is -2.16. The molecule has 1 aliphatic heterocycles. The molecule has 5 aromatic rings. The Kier molecular flexibility index (Phi) is 7.25. The summed E-state index contributed by atoms with van der Waals surface area (Å²) in [6, 6.07) is 25.2. The highest BCUT2D eigenvalue weighted by Gasteiger charge is 2.13. The Morgan fingerprint density at radius 1 is 0.684 bits per heavy atom. The summed E-state index contributed by atoms with van der Waals surface area (Å²) in [5.41, 5.74) is 1.96. The predicted molar refractivity (Wildman–Crippen MR) is 151 cm³/mol. The quantitative estimate of drug-likeness (QED) is 0.280. The van der Waals surface area contributed by atoms with Crippen LogP contribution in [-0.4, -0.2) is 45.5 Å². The van der Waals surface area contributed by atoms with Gasteiger partial charge in [-0.3, -0.25) is 4.79 Å². The Morgan fingerprint density at radius 2 is 1.34 bits per heavy atom. The summed E-state index contributed by atoms with van der Waals surface area (Å²) in [7, 11) is 0. The summed E-state index contributed by atoms with van der Waals surface area (Å²) >= 11 is 0. The van der Waals surface area contributed by atoms with Crippen LogP contribution in [0.3, 0.4) is 0 Å². The van der Waals surface area contributed by atoms with Gasteiger partial charge in [0.15, 0.2) is 11.5 Å². The minimum Gasteiger partial charge on any atom is -0.487 e. The molecule has 0 atom stereocenters. The molecular weight excluding hydrogens is 478 g/mol. The summed E-state index contributed by atoms with van der Waals surface area (Å²) in [5.74, 6) is 1.19. The highest BCUT2D eigenvalue weighted by Crippen LogP contribution is 2.36. The maximum atomic E-state index is 12.8. The number of hydrogen-bond donors (Lipinski definition) is 1. The largest absolute Gasteiger partial charge is 0.487 e. The predicted octanol–water partition coefficient (Wildman–Crippen LogP) is 6.35. The molecule has 0 radical (unpaired) electrons. The van der Waals surface area contributed by atoms with Crippen LogP contribution in [0.2, 0.25) is 0 Å². The normalized spacial score (nSPS) is 14.8. The fourth-order valence-electron chi connectivity index (χ4n) is 5.24. The highest BCUT2D eigenvalue weighted by atomic mass is 16.6. The first-order valence-corrected chi connectivity index (χ1v) is 13.3. The smallest absolute Gasteiger partial charge is 0.224 e. The lowest BCUT2D eigenvalue weighted by molar-refractivity contribution is -0.116. The van der Waals surface area contributed by atoms with Gasteiger partial charge in [-0.1, -0.05) is 54.6 Å². The topological polar surface area (TPSA) is 66.0 Å². The van der Waals surface area contributed by atoms with E-state index in [1.165, 1.54) is 37.9 Å². The molecule has 0 saturated heterocycles. The van der Waals surface area contributed by atoms with Gasteiger partial charge in [0, 0.05) is 18.2 Å². The summed E-state index contributed by atoms with van der Waals surface area (Å²) in [6.07, 6.45) is 2.03. The van der Waals surface area contributed by atoms with E-state index < -0.39 is 0 Å². The zero-order valence-electron chi connectivity index (χ0n) is 21.3. The van der Waals surface area contributed by atoms with E-state index in [-0.39, 0.29) is 5.91 Å². The first-order valence-electron chi connectivity index (χ1n) is 13.3. The van der Waals surface area contributed by atoms with Crippen molar-refractivity contribution < 1.29 is 23.7 Å². The second kappa shape index (κ2) is 11.3. The zero-order chi connectivity index (χ0) is 25.7. The van der Waals surface area contributed by atoms with E-state index in [0.717, 1.165) is 12.8 Å². The Labute approximate surface area is 221 Å². The Balaban J connectivity index is 1.11. The second-order valence-electron chi connectivity index (χ2n) is 9.57. The molecule has 1 N–H and O–H groups in total. The number of carbonyl (C=O) groups is 1. The van der Waals surface area contributed by atoms with Gasteiger partial charge >= 0.3 is 0 Å². The van der Waals surface area contributed by atoms with Gasteiger partial charge in [0.1, 0.15) is 13.2 Å². The van der Waals surface area contributed by atoms with Crippen LogP contribution in [0.5, 0.6) is 11.5 Å². The van der Waals surface area contributed by atoms with Crippen LogP contribution < -0.4 is 14.8 Å². The molecule has 0 fully saturated rings. The summed E-state index contributed by atoms with van der Waals surface area (Å²) in [6.45, 7) is 2.83. The van der Waals surface area contributed by atoms with Crippen molar-refractivity contribution in [2.24, 2.45) is 0 Å². The molecule has 194 valence electrons. The fraction of sp³-hybridized carbons (Fsp3) is 0.281. The van der Waals surface area contributed by atoms with Crippen LogP contribution in [0, 0.1) is 0 Å². The van der Waals surface area contributed by atoms with E-state index in [4.69, 9.17) is 18.9 Å². The van der Waals surface area contributed by atoms with Crippen LogP contribution in [0.15, 0.2) is 72.8 Å². The van der Waals surface area contributed by atoms with Crippen LogP contribution in [0.1, 0.15) is 18.4 Å². The SMILES string of the molecule is O=C(CCCc1ccc2ccc3cccc4ccc1c2c34)Nc1ccc2c(c1)OCCOCCOCCO2. The molecule has 0 spiro atoms. The van der Waals surface area contributed by atoms with Crippen LogP contribution in [0.4, 0.5) is 5.69 Å². The van der Waals surface area contributed by atoms with Gasteiger partial charge in [0.05, 0.1) is 26.4 Å². The van der Waals surface area contributed by atoms with E-state index >= 15 is 0 Å². The molecule has 0 unspecified atom stereocenters. The standard InChI is InChI=1S/C32H31NO5/c34-30(33-26-12-14-28-29(21-26)38-20-18-36-16-15-35-17-19-37-28)6-2-3-22-7-8-25-10-9-23-4-1-5-24-11-13-27(22)32(25)31(23)24/h1,4-5,7-14,21H,2-3,6,15-20H2,(H,33,34). The number of aryl methyl sites for hydroxylation is 1. The monoisotopic (exact) mass is 509 g/mol. The van der Waals surface area contributed by atoms with Crippen molar-refractivity contribution in [2.45, 2.75) is 19.3 Å². The zero-order valence-corrected chi connectivity index (χ0v) is 21.3. The lowest BCUT2D eigenvalue weighted by atomic mass is 9.90. The Bertz CT molecular complexity index is 1550. The number of fused-ring (bicyclic) bond motifs is 1. The van der Waals surface area contributed by atoms with Gasteiger partial charge in [0.25, 0.3) is 0 Å². The van der Waals surface area contributed by atoms with E-state index in [1.54, 1.807) is 6.07 Å². The second-order valence-corrected chi connectivity index (χ2v) is 9.57. The van der Waals surface area contributed by atoms with E-state index in [1.807, 2.05) is 12.1 Å². The molecule has 38 heavy (non-hydrogen) atoms.